The molecule has 0 fully saturated rings. The summed E-state index contributed by atoms with van der Waals surface area (Å²) in [7, 11) is -4.61. The minimum absolute atomic E-state index is 0.0342. The quantitative estimate of drug-likeness (QED) is 0.170. The van der Waals surface area contributed by atoms with Crippen LogP contribution in [0.4, 0.5) is 0 Å². The zero-order valence-corrected chi connectivity index (χ0v) is 10.4. The lowest BCUT2D eigenvalue weighted by Gasteiger charge is -1.97. The predicted octanol–water partition coefficient (Wildman–Crippen LogP) is -0.843. The van der Waals surface area contributed by atoms with Gasteiger partial charge in [-0.25, -0.2) is 0 Å². The number of carbonyl (C=O) groups excluding carboxylic acids is 1. The third-order valence-electron chi connectivity index (χ3n) is 1.67. The molecule has 1 aromatic carbocycles. The molecule has 0 aromatic heterocycles. The van der Waals surface area contributed by atoms with Crippen LogP contribution < -0.4 is 17.3 Å². The summed E-state index contributed by atoms with van der Waals surface area (Å²) in [5, 5.41) is 1.59. The van der Waals surface area contributed by atoms with Crippen LogP contribution in [0, 0.1) is 6.92 Å². The zero-order chi connectivity index (χ0) is 14.3. The molecule has 0 unspecified atom stereocenters. The van der Waals surface area contributed by atoms with Crippen molar-refractivity contribution in [3.8, 4) is 0 Å². The molecule has 0 aliphatic rings. The molecule has 0 aliphatic carbocycles. The van der Waals surface area contributed by atoms with E-state index in [2.05, 4.69) is 10.9 Å². The number of hydrogen-bond acceptors (Lipinski definition) is 5. The van der Waals surface area contributed by atoms with Gasteiger partial charge < -0.3 is 17.3 Å². The van der Waals surface area contributed by atoms with Gasteiger partial charge in [0.05, 0.1) is 0 Å². The lowest BCUT2D eigenvalue weighted by atomic mass is 10.2. The van der Waals surface area contributed by atoms with E-state index in [1.165, 1.54) is 12.1 Å². The third-order valence-corrected chi connectivity index (χ3v) is 2.37. The molecule has 8 nitrogen and oxygen atoms in total. The summed E-state index contributed by atoms with van der Waals surface area (Å²) in [6, 6.07) is 5.90. The highest BCUT2D eigenvalue weighted by molar-refractivity contribution is 8.01. The first kappa shape index (κ1) is 15.9. The Morgan fingerprint density at radius 1 is 1.22 bits per heavy atom. The summed E-state index contributed by atoms with van der Waals surface area (Å²) in [5.74, 6) is 4.42. The summed E-state index contributed by atoms with van der Waals surface area (Å²) < 4.78 is 29.3. The maximum absolute atomic E-state index is 10.9. The molecule has 7 N–H and O–H groups in total. The molecule has 0 bridgehead atoms. The molecule has 0 saturated carbocycles. The van der Waals surface area contributed by atoms with Crippen molar-refractivity contribution in [2.24, 2.45) is 22.4 Å². The maximum Gasteiger partial charge on any atom is 0.333 e. The van der Waals surface area contributed by atoms with Crippen LogP contribution in [0.25, 0.3) is 0 Å². The molecule has 0 heterocycles. The van der Waals surface area contributed by atoms with Crippen molar-refractivity contribution in [2.75, 3.05) is 0 Å². The van der Waals surface area contributed by atoms with Gasteiger partial charge in [0.2, 0.25) is 5.96 Å². The Morgan fingerprint density at radius 3 is 1.89 bits per heavy atom. The summed E-state index contributed by atoms with van der Waals surface area (Å²) in [6.45, 7) is 1.81. The first-order valence-electron chi connectivity index (χ1n) is 4.55. The minimum Gasteiger partial charge on any atom is -0.369 e. The molecule has 9 heteroatoms. The van der Waals surface area contributed by atoms with Gasteiger partial charge in [0.15, 0.2) is 0 Å². The number of carbonyl (C=O) groups is 1. The van der Waals surface area contributed by atoms with Gasteiger partial charge in [-0.15, -0.1) is 5.10 Å². The van der Waals surface area contributed by atoms with Gasteiger partial charge in [0.1, 0.15) is 0 Å². The highest BCUT2D eigenvalue weighted by Gasteiger charge is 2.19. The molecule has 1 aromatic rings. The Hall–Kier alpha value is -2.13. The average Bonchev–Trinajstić information content (AvgIpc) is 2.28. The molecule has 0 spiro atoms. The molecule has 0 amide bonds. The largest absolute Gasteiger partial charge is 0.369 e. The zero-order valence-electron chi connectivity index (χ0n) is 9.57. The van der Waals surface area contributed by atoms with Crippen LogP contribution in [0.15, 0.2) is 29.4 Å². The summed E-state index contributed by atoms with van der Waals surface area (Å²) in [5.41, 5.74) is 10.3. The van der Waals surface area contributed by atoms with E-state index >= 15 is 0 Å². The topological polar surface area (TPSA) is 162 Å². The normalized spacial score (nSPS) is 9.89. The Kier molecular flexibility index (Phi) is 5.79. The number of nitrogens with two attached hydrogens (primary N) is 3. The van der Waals surface area contributed by atoms with Gasteiger partial charge in [-0.05, 0) is 19.1 Å². The van der Waals surface area contributed by atoms with Crippen LogP contribution >= 0.6 is 0 Å². The van der Waals surface area contributed by atoms with Crippen LogP contribution in [-0.4, -0.2) is 24.0 Å². The van der Waals surface area contributed by atoms with Crippen LogP contribution in [0.2, 0.25) is 0 Å². The molecule has 0 atom stereocenters. The SMILES string of the molecule is Cc1ccc(C(=O)S(=O)(=O)O)cc1.NN=C(N)N. The molecule has 100 valence electrons. The Balaban J connectivity index is 0.000000494. The van der Waals surface area contributed by atoms with E-state index in [1.54, 1.807) is 12.1 Å². The maximum atomic E-state index is 10.9. The highest BCUT2D eigenvalue weighted by Crippen LogP contribution is 2.06. The number of guanidine groups is 1. The number of aryl methyl sites for hydroxylation is 1. The summed E-state index contributed by atoms with van der Waals surface area (Å²) in [4.78, 5) is 10.9. The first-order valence-corrected chi connectivity index (χ1v) is 5.99. The van der Waals surface area contributed by atoms with Crippen molar-refractivity contribution in [3.63, 3.8) is 0 Å². The average molecular weight is 274 g/mol. The van der Waals surface area contributed by atoms with Crippen molar-refractivity contribution in [3.05, 3.63) is 35.4 Å². The minimum atomic E-state index is -4.61. The van der Waals surface area contributed by atoms with Crippen molar-refractivity contribution < 1.29 is 17.8 Å². The Labute approximate surface area is 104 Å². The molecule has 0 aliphatic heterocycles. The number of hydrazone groups is 1. The van der Waals surface area contributed by atoms with Crippen molar-refractivity contribution in [1.29, 1.82) is 0 Å². The van der Waals surface area contributed by atoms with Gasteiger partial charge in [-0.3, -0.25) is 9.35 Å². The van der Waals surface area contributed by atoms with E-state index in [1.807, 2.05) is 6.92 Å². The van der Waals surface area contributed by atoms with Crippen LogP contribution in [0.5, 0.6) is 0 Å². The predicted molar refractivity (Wildman–Crippen MR) is 67.1 cm³/mol. The summed E-state index contributed by atoms with van der Waals surface area (Å²) in [6.07, 6.45) is 0. The first-order chi connectivity index (χ1) is 8.18. The molecule has 1 rings (SSSR count). The molecule has 18 heavy (non-hydrogen) atoms. The molecule has 0 radical (unpaired) electrons. The standard InChI is InChI=1S/C8H8O4S.CH6N4/c1-6-2-4-7(5-3-6)8(9)13(10,11)12;2-1(3)5-4/h2-5H,1H3,(H,10,11,12);4H2,(H4,2,3,5). The fraction of sp³-hybridized carbons (Fsp3) is 0.111. The highest BCUT2D eigenvalue weighted by atomic mass is 32.2. The smallest absolute Gasteiger partial charge is 0.333 e. The lowest BCUT2D eigenvalue weighted by Crippen LogP contribution is -2.23. The second kappa shape index (κ2) is 6.57. The fourth-order valence-electron chi connectivity index (χ4n) is 0.839. The van der Waals surface area contributed by atoms with Crippen LogP contribution in [0.3, 0.4) is 0 Å². The Bertz CT molecular complexity index is 532. The second-order valence-electron chi connectivity index (χ2n) is 3.18. The van der Waals surface area contributed by atoms with Crippen LogP contribution in [0.1, 0.15) is 15.9 Å². The van der Waals surface area contributed by atoms with E-state index in [0.717, 1.165) is 5.56 Å². The monoisotopic (exact) mass is 274 g/mol. The van der Waals surface area contributed by atoms with Crippen LogP contribution in [-0.2, 0) is 10.1 Å². The molecule has 0 saturated heterocycles. The van der Waals surface area contributed by atoms with Crippen molar-refractivity contribution >= 4 is 21.2 Å². The van der Waals surface area contributed by atoms with E-state index in [0.29, 0.717) is 0 Å². The van der Waals surface area contributed by atoms with Gasteiger partial charge in [0.25, 0.3) is 0 Å². The van der Waals surface area contributed by atoms with Crippen molar-refractivity contribution in [2.45, 2.75) is 6.92 Å². The van der Waals surface area contributed by atoms with E-state index in [4.69, 9.17) is 16.0 Å². The third kappa shape index (κ3) is 5.82. The molecular formula is C9H14N4O4S. The van der Waals surface area contributed by atoms with Gasteiger partial charge in [-0.1, -0.05) is 17.7 Å². The van der Waals surface area contributed by atoms with Gasteiger partial charge in [-0.2, -0.15) is 8.42 Å². The number of benzene rings is 1. The summed E-state index contributed by atoms with van der Waals surface area (Å²) >= 11 is 0. The lowest BCUT2D eigenvalue weighted by molar-refractivity contribution is 0.106. The van der Waals surface area contributed by atoms with E-state index in [9.17, 15) is 13.2 Å². The number of nitrogens with zero attached hydrogens (tertiary/aromatic N) is 1. The van der Waals surface area contributed by atoms with Gasteiger partial charge >= 0.3 is 15.2 Å². The fourth-order valence-corrected chi connectivity index (χ4v) is 1.27. The van der Waals surface area contributed by atoms with Gasteiger partial charge in [0, 0.05) is 5.56 Å². The van der Waals surface area contributed by atoms with E-state index in [-0.39, 0.29) is 11.5 Å². The second-order valence-corrected chi connectivity index (χ2v) is 4.50. The van der Waals surface area contributed by atoms with E-state index < -0.39 is 15.2 Å². The molecular weight excluding hydrogens is 260 g/mol. The van der Waals surface area contributed by atoms with Crippen molar-refractivity contribution in [1.82, 2.24) is 0 Å². The Morgan fingerprint density at radius 2 is 1.61 bits per heavy atom. The number of rotatable bonds is 1. The number of hydrogen-bond donors (Lipinski definition) is 4.